The molecule has 0 bridgehead atoms. The van der Waals surface area contributed by atoms with E-state index in [2.05, 4.69) is 10.3 Å². The average molecular weight is 494 g/mol. The summed E-state index contributed by atoms with van der Waals surface area (Å²) in [6, 6.07) is 6.62. The minimum atomic E-state index is -0.415. The molecule has 0 aromatic carbocycles. The molecule has 5 heterocycles. The number of amides is 4. The summed E-state index contributed by atoms with van der Waals surface area (Å²) in [6.07, 6.45) is 7.56. The predicted octanol–water partition coefficient (Wildman–Crippen LogP) is 1.47. The molecule has 0 radical (unpaired) electrons. The maximum absolute atomic E-state index is 13.6. The highest BCUT2D eigenvalue weighted by atomic mass is 16.3. The van der Waals surface area contributed by atoms with Crippen molar-refractivity contribution in [1.29, 1.82) is 0 Å². The fourth-order valence-corrected chi connectivity index (χ4v) is 5.86. The lowest BCUT2D eigenvalue weighted by Crippen LogP contribution is -2.48. The number of hydrogen-bond donors (Lipinski definition) is 1. The normalized spacial score (nSPS) is 23.4. The summed E-state index contributed by atoms with van der Waals surface area (Å²) in [7, 11) is 1.75. The molecule has 4 amide bonds. The molecule has 2 atom stereocenters. The van der Waals surface area contributed by atoms with Crippen molar-refractivity contribution < 1.29 is 23.6 Å². The van der Waals surface area contributed by atoms with E-state index < -0.39 is 11.8 Å². The van der Waals surface area contributed by atoms with Crippen LogP contribution in [0.2, 0.25) is 0 Å². The third-order valence-corrected chi connectivity index (χ3v) is 8.00. The molecule has 190 valence electrons. The van der Waals surface area contributed by atoms with Crippen LogP contribution in [0, 0.1) is 11.3 Å². The molecule has 0 saturated carbocycles. The van der Waals surface area contributed by atoms with E-state index in [1.54, 1.807) is 41.4 Å². The van der Waals surface area contributed by atoms with Crippen LogP contribution < -0.4 is 5.32 Å². The molecule has 0 aliphatic carbocycles. The summed E-state index contributed by atoms with van der Waals surface area (Å²) in [5, 5.41) is 2.61. The summed E-state index contributed by atoms with van der Waals surface area (Å²) in [4.78, 5) is 60.3. The summed E-state index contributed by atoms with van der Waals surface area (Å²) < 4.78 is 5.05. The number of hydrogen-bond acceptors (Lipinski definition) is 6. The molecular weight excluding hydrogens is 462 g/mol. The van der Waals surface area contributed by atoms with Gasteiger partial charge in [0.05, 0.1) is 24.8 Å². The topological polar surface area (TPSA) is 116 Å². The number of aromatic nitrogens is 1. The van der Waals surface area contributed by atoms with Crippen LogP contribution >= 0.6 is 0 Å². The zero-order chi connectivity index (χ0) is 25.3. The van der Waals surface area contributed by atoms with Crippen molar-refractivity contribution in [3.63, 3.8) is 0 Å². The quantitative estimate of drug-likeness (QED) is 0.674. The Morgan fingerprint density at radius 2 is 1.86 bits per heavy atom. The maximum Gasteiger partial charge on any atom is 0.287 e. The van der Waals surface area contributed by atoms with Gasteiger partial charge in [0.25, 0.3) is 5.91 Å². The van der Waals surface area contributed by atoms with Crippen LogP contribution in [-0.4, -0.2) is 83.1 Å². The third-order valence-electron chi connectivity index (χ3n) is 8.00. The van der Waals surface area contributed by atoms with Crippen molar-refractivity contribution in [1.82, 2.24) is 25.0 Å². The van der Waals surface area contributed by atoms with Gasteiger partial charge in [-0.05, 0) is 48.4 Å². The predicted molar refractivity (Wildman–Crippen MR) is 128 cm³/mol. The first-order chi connectivity index (χ1) is 17.4. The molecule has 3 aliphatic rings. The van der Waals surface area contributed by atoms with Gasteiger partial charge in [-0.2, -0.15) is 0 Å². The van der Waals surface area contributed by atoms with Crippen molar-refractivity contribution in [2.45, 2.75) is 31.7 Å². The lowest BCUT2D eigenvalue weighted by atomic mass is 9.77. The molecule has 1 spiro atoms. The summed E-state index contributed by atoms with van der Waals surface area (Å²) >= 11 is 0. The third kappa shape index (κ3) is 4.59. The van der Waals surface area contributed by atoms with Crippen LogP contribution in [-0.2, 0) is 14.4 Å². The van der Waals surface area contributed by atoms with Gasteiger partial charge in [-0.15, -0.1) is 0 Å². The fourth-order valence-electron chi connectivity index (χ4n) is 5.86. The van der Waals surface area contributed by atoms with Gasteiger partial charge in [-0.25, -0.2) is 0 Å². The second kappa shape index (κ2) is 9.75. The minimum absolute atomic E-state index is 0.0117. The number of furan rings is 1. The molecule has 0 unspecified atom stereocenters. The Hall–Kier alpha value is -3.69. The van der Waals surface area contributed by atoms with Crippen LogP contribution in [0.3, 0.4) is 0 Å². The van der Waals surface area contributed by atoms with Gasteiger partial charge in [0.15, 0.2) is 5.76 Å². The van der Waals surface area contributed by atoms with Gasteiger partial charge < -0.3 is 24.4 Å². The second-order valence-electron chi connectivity index (χ2n) is 10.1. The molecular formula is C26H31N5O5. The highest BCUT2D eigenvalue weighted by Crippen LogP contribution is 2.43. The van der Waals surface area contributed by atoms with Crippen LogP contribution in [0.4, 0.5) is 0 Å². The zero-order valence-electron chi connectivity index (χ0n) is 20.4. The smallest absolute Gasteiger partial charge is 0.287 e. The Bertz CT molecular complexity index is 1130. The molecule has 3 aliphatic heterocycles. The van der Waals surface area contributed by atoms with Crippen LogP contribution in [0.15, 0.2) is 47.3 Å². The number of rotatable bonds is 5. The molecule has 10 heteroatoms. The van der Waals surface area contributed by atoms with Gasteiger partial charge in [0, 0.05) is 52.0 Å². The minimum Gasteiger partial charge on any atom is -0.459 e. The first kappa shape index (κ1) is 24.0. The Balaban J connectivity index is 1.16. The zero-order valence-corrected chi connectivity index (χ0v) is 20.4. The van der Waals surface area contributed by atoms with Crippen molar-refractivity contribution in [3.8, 4) is 0 Å². The molecule has 10 nitrogen and oxygen atoms in total. The Morgan fingerprint density at radius 1 is 1.11 bits per heavy atom. The van der Waals surface area contributed by atoms with Crippen molar-refractivity contribution in [3.05, 3.63) is 54.2 Å². The molecule has 3 saturated heterocycles. The number of piperidine rings is 1. The van der Waals surface area contributed by atoms with Crippen LogP contribution in [0.1, 0.15) is 47.8 Å². The second-order valence-corrected chi connectivity index (χ2v) is 10.1. The monoisotopic (exact) mass is 493 g/mol. The number of nitrogens with one attached hydrogen (secondary N) is 1. The van der Waals surface area contributed by atoms with Gasteiger partial charge in [-0.3, -0.25) is 24.2 Å². The Kier molecular flexibility index (Phi) is 6.51. The number of carbonyl (C=O) groups is 4. The fraction of sp³-hybridized carbons (Fsp3) is 0.500. The van der Waals surface area contributed by atoms with E-state index in [-0.39, 0.29) is 47.9 Å². The largest absolute Gasteiger partial charge is 0.459 e. The summed E-state index contributed by atoms with van der Waals surface area (Å²) in [5.74, 6) is -0.770. The molecule has 2 aromatic heterocycles. The first-order valence-corrected chi connectivity index (χ1v) is 12.4. The highest BCUT2D eigenvalue weighted by molar-refractivity contribution is 5.94. The molecule has 36 heavy (non-hydrogen) atoms. The van der Waals surface area contributed by atoms with E-state index in [4.69, 9.17) is 4.42 Å². The average Bonchev–Trinajstić information content (AvgIpc) is 3.64. The Labute approximate surface area is 209 Å². The Morgan fingerprint density at radius 3 is 2.53 bits per heavy atom. The number of likely N-dealkylation sites (tertiary alicyclic amines) is 3. The molecule has 2 aromatic rings. The van der Waals surface area contributed by atoms with E-state index >= 15 is 0 Å². The van der Waals surface area contributed by atoms with Gasteiger partial charge in [0.2, 0.25) is 17.7 Å². The van der Waals surface area contributed by atoms with Gasteiger partial charge in [-0.1, -0.05) is 6.07 Å². The lowest BCUT2D eigenvalue weighted by molar-refractivity contribution is -0.137. The summed E-state index contributed by atoms with van der Waals surface area (Å²) in [5.41, 5.74) is 0.867. The van der Waals surface area contributed by atoms with Crippen molar-refractivity contribution in [2.24, 2.45) is 11.3 Å². The van der Waals surface area contributed by atoms with Crippen molar-refractivity contribution >= 4 is 23.6 Å². The van der Waals surface area contributed by atoms with E-state index in [0.717, 1.165) is 24.8 Å². The number of pyridine rings is 1. The van der Waals surface area contributed by atoms with E-state index in [0.29, 0.717) is 26.2 Å². The van der Waals surface area contributed by atoms with Crippen molar-refractivity contribution in [2.75, 3.05) is 39.8 Å². The van der Waals surface area contributed by atoms with Crippen LogP contribution in [0.25, 0.3) is 0 Å². The summed E-state index contributed by atoms with van der Waals surface area (Å²) in [6.45, 7) is 2.44. The molecule has 5 rings (SSSR count). The van der Waals surface area contributed by atoms with E-state index in [1.807, 2.05) is 17.0 Å². The first-order valence-electron chi connectivity index (χ1n) is 12.4. The SMILES string of the molecule is CN1C(=O)C[C@@H](C(=O)N2CCC3(CCN(C(=O)CNC(=O)c4ccco4)CC3)C2)[C@@H]1c1cccnc1. The highest BCUT2D eigenvalue weighted by Gasteiger charge is 2.48. The maximum atomic E-state index is 13.6. The molecule has 3 fully saturated rings. The number of nitrogens with zero attached hydrogens (tertiary/aromatic N) is 4. The van der Waals surface area contributed by atoms with E-state index in [1.165, 1.54) is 6.26 Å². The van der Waals surface area contributed by atoms with Gasteiger partial charge in [0.1, 0.15) is 0 Å². The lowest BCUT2D eigenvalue weighted by Gasteiger charge is -2.39. The van der Waals surface area contributed by atoms with Crippen LogP contribution in [0.5, 0.6) is 0 Å². The number of carbonyl (C=O) groups excluding carboxylic acids is 4. The standard InChI is InChI=1S/C26H31N5O5/c1-29-21(32)14-19(23(29)18-4-2-9-27-15-18)25(35)31-12-8-26(17-31)6-10-30(11-7-26)22(33)16-28-24(34)20-5-3-13-36-20/h2-5,9,13,15,19,23H,6-8,10-12,14,16-17H2,1H3,(H,28,34)/t19-,23+/m1/s1. The van der Waals surface area contributed by atoms with Gasteiger partial charge >= 0.3 is 0 Å². The molecule has 1 N–H and O–H groups in total. The van der Waals surface area contributed by atoms with E-state index in [9.17, 15) is 19.2 Å².